The molecule has 0 radical (unpaired) electrons. The van der Waals surface area contributed by atoms with Crippen LogP contribution in [0.25, 0.3) is 0 Å². The Bertz CT molecular complexity index is 532. The first-order valence-corrected chi connectivity index (χ1v) is 7.50. The summed E-state index contributed by atoms with van der Waals surface area (Å²) >= 11 is 3.40. The third-order valence-electron chi connectivity index (χ3n) is 4.45. The van der Waals surface area contributed by atoms with Crippen LogP contribution in [0.5, 0.6) is 0 Å². The molecule has 0 heterocycles. The molecule has 0 bridgehead atoms. The van der Waals surface area contributed by atoms with Crippen LogP contribution in [0.2, 0.25) is 0 Å². The number of nitrogens with zero attached hydrogens (tertiary/aromatic N) is 1. The lowest BCUT2D eigenvalue weighted by Crippen LogP contribution is -2.26. The molecular weight excluding hydrogens is 304 g/mol. The number of nitrogens with one attached hydrogen (secondary N) is 1. The summed E-state index contributed by atoms with van der Waals surface area (Å²) in [5, 5.41) is 4.21. The summed E-state index contributed by atoms with van der Waals surface area (Å²) in [5.74, 6) is 0.305. The van der Waals surface area contributed by atoms with Crippen LogP contribution >= 0.6 is 15.9 Å². The molecule has 0 saturated heterocycles. The molecule has 0 aliphatic heterocycles. The van der Waals surface area contributed by atoms with Gasteiger partial charge in [0.05, 0.1) is 5.71 Å². The Balaban J connectivity index is 1.60. The van der Waals surface area contributed by atoms with Gasteiger partial charge >= 0.3 is 0 Å². The van der Waals surface area contributed by atoms with Gasteiger partial charge in [-0.3, -0.25) is 4.79 Å². The smallest absolute Gasteiger partial charge is 0.243 e. The van der Waals surface area contributed by atoms with Crippen LogP contribution in [0.15, 0.2) is 33.8 Å². The standard InChI is InChI=1S/C15H17BrN2O/c1-10(11-3-5-12(16)6-4-11)17-18-14(19)13-9-15(13)7-2-8-15/h3-6,13H,2,7-9H2,1H3,(H,18,19)/b17-10-. The third kappa shape index (κ3) is 2.46. The van der Waals surface area contributed by atoms with Gasteiger partial charge in [0.25, 0.3) is 0 Å². The number of rotatable bonds is 3. The molecule has 1 amide bonds. The fraction of sp³-hybridized carbons (Fsp3) is 0.467. The van der Waals surface area contributed by atoms with E-state index in [4.69, 9.17) is 0 Å². The first kappa shape index (κ1) is 12.9. The summed E-state index contributed by atoms with van der Waals surface area (Å²) in [5.41, 5.74) is 4.95. The summed E-state index contributed by atoms with van der Waals surface area (Å²) < 4.78 is 1.04. The van der Waals surface area contributed by atoms with Crippen molar-refractivity contribution in [1.29, 1.82) is 0 Å². The van der Waals surface area contributed by atoms with E-state index in [1.165, 1.54) is 19.3 Å². The maximum atomic E-state index is 12.0. The Labute approximate surface area is 121 Å². The predicted octanol–water partition coefficient (Wildman–Crippen LogP) is 3.48. The number of carbonyl (C=O) groups excluding carboxylic acids is 1. The first-order valence-electron chi connectivity index (χ1n) is 6.71. The lowest BCUT2D eigenvalue weighted by molar-refractivity contribution is -0.123. The molecule has 3 nitrogen and oxygen atoms in total. The minimum Gasteiger partial charge on any atom is -0.273 e. The molecule has 100 valence electrons. The third-order valence-corrected chi connectivity index (χ3v) is 4.98. The van der Waals surface area contributed by atoms with E-state index in [2.05, 4.69) is 26.5 Å². The number of carbonyl (C=O) groups is 1. The quantitative estimate of drug-likeness (QED) is 0.672. The molecule has 1 unspecified atom stereocenters. The maximum Gasteiger partial charge on any atom is 0.243 e. The van der Waals surface area contributed by atoms with E-state index in [0.717, 1.165) is 22.2 Å². The van der Waals surface area contributed by atoms with Gasteiger partial charge in [-0.05, 0) is 49.3 Å². The summed E-state index contributed by atoms with van der Waals surface area (Å²) in [7, 11) is 0. The van der Waals surface area contributed by atoms with Gasteiger partial charge in [-0.15, -0.1) is 0 Å². The normalized spacial score (nSPS) is 23.9. The molecule has 4 heteroatoms. The Morgan fingerprint density at radius 2 is 2.05 bits per heavy atom. The van der Waals surface area contributed by atoms with E-state index >= 15 is 0 Å². The number of hydrogen-bond acceptors (Lipinski definition) is 2. The molecule has 2 fully saturated rings. The van der Waals surface area contributed by atoms with Crippen LogP contribution in [0.3, 0.4) is 0 Å². The molecule has 1 aromatic rings. The predicted molar refractivity (Wildman–Crippen MR) is 78.9 cm³/mol. The monoisotopic (exact) mass is 320 g/mol. The average Bonchev–Trinajstić information content (AvgIpc) is 3.12. The second-order valence-corrected chi connectivity index (χ2v) is 6.57. The van der Waals surface area contributed by atoms with Crippen molar-refractivity contribution < 1.29 is 4.79 Å². The summed E-state index contributed by atoms with van der Waals surface area (Å²) in [4.78, 5) is 12.0. The molecule has 2 aliphatic carbocycles. The lowest BCUT2D eigenvalue weighted by Gasteiger charge is -2.25. The molecule has 2 saturated carbocycles. The number of halogens is 1. The molecule has 0 aromatic heterocycles. The second kappa shape index (κ2) is 4.75. The van der Waals surface area contributed by atoms with E-state index < -0.39 is 0 Å². The lowest BCUT2D eigenvalue weighted by atomic mass is 9.80. The summed E-state index contributed by atoms with van der Waals surface area (Å²) in [6.45, 7) is 1.91. The van der Waals surface area contributed by atoms with Crippen LogP contribution in [0, 0.1) is 11.3 Å². The zero-order valence-electron chi connectivity index (χ0n) is 10.9. The highest BCUT2D eigenvalue weighted by Gasteiger charge is 2.60. The fourth-order valence-corrected chi connectivity index (χ4v) is 3.14. The van der Waals surface area contributed by atoms with Crippen molar-refractivity contribution in [2.45, 2.75) is 32.6 Å². The van der Waals surface area contributed by atoms with E-state index in [9.17, 15) is 4.79 Å². The van der Waals surface area contributed by atoms with E-state index in [1.807, 2.05) is 31.2 Å². The van der Waals surface area contributed by atoms with Gasteiger partial charge in [0, 0.05) is 10.4 Å². The SMILES string of the molecule is C/C(=N/NC(=O)C1CC12CCC2)c1ccc(Br)cc1. The Hall–Kier alpha value is -1.16. The highest BCUT2D eigenvalue weighted by Crippen LogP contribution is 2.65. The maximum absolute atomic E-state index is 12.0. The van der Waals surface area contributed by atoms with E-state index in [1.54, 1.807) is 0 Å². The highest BCUT2D eigenvalue weighted by atomic mass is 79.9. The van der Waals surface area contributed by atoms with Gasteiger partial charge in [-0.2, -0.15) is 5.10 Å². The molecule has 1 aromatic carbocycles. The van der Waals surface area contributed by atoms with Crippen molar-refractivity contribution >= 4 is 27.5 Å². The van der Waals surface area contributed by atoms with E-state index in [0.29, 0.717) is 5.41 Å². The van der Waals surface area contributed by atoms with Crippen LogP contribution < -0.4 is 5.43 Å². The number of hydrazone groups is 1. The average molecular weight is 321 g/mol. The second-order valence-electron chi connectivity index (χ2n) is 5.65. The molecule has 1 N–H and O–H groups in total. The van der Waals surface area contributed by atoms with Gasteiger partial charge in [-0.25, -0.2) is 5.43 Å². The zero-order chi connectivity index (χ0) is 13.5. The zero-order valence-corrected chi connectivity index (χ0v) is 12.5. The topological polar surface area (TPSA) is 41.5 Å². The summed E-state index contributed by atoms with van der Waals surface area (Å²) in [6.07, 6.45) is 4.79. The van der Waals surface area contributed by atoms with Crippen molar-refractivity contribution in [2.75, 3.05) is 0 Å². The Kier molecular flexibility index (Phi) is 3.21. The number of benzene rings is 1. The van der Waals surface area contributed by atoms with Crippen molar-refractivity contribution in [3.63, 3.8) is 0 Å². The van der Waals surface area contributed by atoms with Gasteiger partial charge < -0.3 is 0 Å². The van der Waals surface area contributed by atoms with Crippen LogP contribution in [-0.2, 0) is 4.79 Å². The fourth-order valence-electron chi connectivity index (χ4n) is 2.87. The van der Waals surface area contributed by atoms with Crippen molar-refractivity contribution in [1.82, 2.24) is 5.43 Å². The van der Waals surface area contributed by atoms with Crippen LogP contribution in [-0.4, -0.2) is 11.6 Å². The van der Waals surface area contributed by atoms with Gasteiger partial charge in [0.1, 0.15) is 0 Å². The minimum absolute atomic E-state index is 0.0937. The van der Waals surface area contributed by atoms with Gasteiger partial charge in [0.15, 0.2) is 0 Å². The Morgan fingerprint density at radius 1 is 1.37 bits per heavy atom. The molecule has 1 atom stereocenters. The molecule has 2 aliphatic rings. The van der Waals surface area contributed by atoms with Crippen molar-refractivity contribution in [3.05, 3.63) is 34.3 Å². The number of hydrogen-bond donors (Lipinski definition) is 1. The minimum atomic E-state index is 0.0937. The van der Waals surface area contributed by atoms with Gasteiger partial charge in [-0.1, -0.05) is 34.5 Å². The number of amides is 1. The highest BCUT2D eigenvalue weighted by molar-refractivity contribution is 9.10. The molecular formula is C15H17BrN2O. The van der Waals surface area contributed by atoms with E-state index in [-0.39, 0.29) is 11.8 Å². The molecule has 3 rings (SSSR count). The molecule has 19 heavy (non-hydrogen) atoms. The van der Waals surface area contributed by atoms with Gasteiger partial charge in [0.2, 0.25) is 5.91 Å². The van der Waals surface area contributed by atoms with Crippen molar-refractivity contribution in [3.8, 4) is 0 Å². The van der Waals surface area contributed by atoms with Crippen LogP contribution in [0.4, 0.5) is 0 Å². The summed E-state index contributed by atoms with van der Waals surface area (Å²) in [6, 6.07) is 7.92. The Morgan fingerprint density at radius 3 is 2.58 bits per heavy atom. The first-order chi connectivity index (χ1) is 9.11. The van der Waals surface area contributed by atoms with Crippen molar-refractivity contribution in [2.24, 2.45) is 16.4 Å². The molecule has 1 spiro atoms. The van der Waals surface area contributed by atoms with Crippen LogP contribution in [0.1, 0.15) is 38.2 Å². The largest absolute Gasteiger partial charge is 0.273 e.